The van der Waals surface area contributed by atoms with Crippen molar-refractivity contribution in [2.24, 2.45) is 0 Å². The normalized spacial score (nSPS) is 33.2. The molecule has 5 N–H and O–H groups in total. The number of hydrogen-bond donors (Lipinski definition) is 5. The third-order valence-electron chi connectivity index (χ3n) is 1.87. The van der Waals surface area contributed by atoms with Crippen molar-refractivity contribution in [3.8, 4) is 0 Å². The summed E-state index contributed by atoms with van der Waals surface area (Å²) in [6.45, 7) is -0.390. The van der Waals surface area contributed by atoms with E-state index >= 15 is 0 Å². The van der Waals surface area contributed by atoms with Gasteiger partial charge in [0.2, 0.25) is 5.79 Å². The van der Waals surface area contributed by atoms with E-state index in [1.54, 1.807) is 0 Å². The van der Waals surface area contributed by atoms with E-state index in [-0.39, 0.29) is 19.4 Å². The van der Waals surface area contributed by atoms with Gasteiger partial charge in [0.25, 0.3) is 0 Å². The van der Waals surface area contributed by atoms with Crippen molar-refractivity contribution < 1.29 is 30.3 Å². The Hall–Kier alpha value is -0.240. The number of rotatable bonds is 1. The van der Waals surface area contributed by atoms with E-state index in [0.717, 1.165) is 0 Å². The fraction of sp³-hybridized carbons (Fsp3) is 1.00. The summed E-state index contributed by atoms with van der Waals surface area (Å²) in [4.78, 5) is 0. The van der Waals surface area contributed by atoms with Gasteiger partial charge in [-0.2, -0.15) is 0 Å². The highest BCUT2D eigenvalue weighted by Crippen LogP contribution is 2.31. The molecule has 0 aromatic heterocycles. The van der Waals surface area contributed by atoms with Crippen molar-refractivity contribution in [3.05, 3.63) is 0 Å². The van der Waals surface area contributed by atoms with Crippen LogP contribution in [-0.4, -0.2) is 50.0 Å². The summed E-state index contributed by atoms with van der Waals surface area (Å²) in [5.41, 5.74) is 0. The van der Waals surface area contributed by atoms with Crippen LogP contribution in [0.25, 0.3) is 0 Å². The molecule has 0 radical (unpaired) electrons. The van der Waals surface area contributed by atoms with Gasteiger partial charge in [-0.05, 0) is 6.42 Å². The fourth-order valence-corrected chi connectivity index (χ4v) is 1.04. The molecule has 6 heteroatoms. The number of hydrogen-bond acceptors (Lipinski definition) is 6. The molecule has 12 heavy (non-hydrogen) atoms. The number of ether oxygens (including phenoxy) is 1. The molecule has 1 heterocycles. The summed E-state index contributed by atoms with van der Waals surface area (Å²) >= 11 is 0. The number of aliphatic hydroxyl groups is 5. The molecule has 72 valence electrons. The number of aliphatic hydroxyl groups excluding tert-OH is 1. The summed E-state index contributed by atoms with van der Waals surface area (Å²) in [5.74, 6) is -5.67. The molecule has 1 atom stereocenters. The molecule has 0 amide bonds. The van der Waals surface area contributed by atoms with E-state index in [2.05, 4.69) is 4.74 Å². The molecule has 0 aromatic rings. The zero-order valence-corrected chi connectivity index (χ0v) is 6.34. The van der Waals surface area contributed by atoms with Gasteiger partial charge in [0.05, 0.1) is 12.7 Å². The Morgan fingerprint density at radius 2 is 1.83 bits per heavy atom. The van der Waals surface area contributed by atoms with E-state index in [0.29, 0.717) is 0 Å². The van der Waals surface area contributed by atoms with Gasteiger partial charge >= 0.3 is 5.97 Å². The monoisotopic (exact) mass is 180 g/mol. The van der Waals surface area contributed by atoms with Crippen LogP contribution in [-0.2, 0) is 4.74 Å². The average molecular weight is 180 g/mol. The predicted octanol–water partition coefficient (Wildman–Crippen LogP) is -2.52. The van der Waals surface area contributed by atoms with Crippen molar-refractivity contribution in [2.75, 3.05) is 6.61 Å². The summed E-state index contributed by atoms with van der Waals surface area (Å²) in [6, 6.07) is 0. The van der Waals surface area contributed by atoms with E-state index in [4.69, 9.17) is 25.5 Å². The minimum atomic E-state index is -3.00. The Morgan fingerprint density at radius 1 is 1.25 bits per heavy atom. The maximum absolute atomic E-state index is 8.96. The van der Waals surface area contributed by atoms with Gasteiger partial charge in [-0.15, -0.1) is 0 Å². The highest BCUT2D eigenvalue weighted by Gasteiger charge is 2.53. The van der Waals surface area contributed by atoms with Crippen LogP contribution < -0.4 is 0 Å². The van der Waals surface area contributed by atoms with Crippen molar-refractivity contribution in [3.63, 3.8) is 0 Å². The zero-order chi connectivity index (χ0) is 9.41. The van der Waals surface area contributed by atoms with Crippen LogP contribution in [0.5, 0.6) is 0 Å². The summed E-state index contributed by atoms with van der Waals surface area (Å²) in [7, 11) is 0. The Labute approximate surface area is 68.6 Å². The molecule has 0 aliphatic carbocycles. The van der Waals surface area contributed by atoms with Crippen LogP contribution in [0.1, 0.15) is 12.8 Å². The first kappa shape index (κ1) is 9.85. The minimum absolute atomic E-state index is 0.159. The van der Waals surface area contributed by atoms with Gasteiger partial charge < -0.3 is 30.3 Å². The fourth-order valence-electron chi connectivity index (χ4n) is 1.04. The maximum atomic E-state index is 8.96. The Bertz CT molecular complexity index is 165. The lowest BCUT2D eigenvalue weighted by molar-refractivity contribution is -0.486. The lowest BCUT2D eigenvalue weighted by atomic mass is 10.0. The molecule has 6 nitrogen and oxygen atoms in total. The third-order valence-corrected chi connectivity index (χ3v) is 1.87. The molecular formula is C6H12O6. The second-order valence-electron chi connectivity index (χ2n) is 2.89. The standard InChI is InChI=1S/C6H12O6/c7-3-4-1-2-5(8,9)6(10,11)12-4/h4,7-11H,1-3H2/t4-/m1/s1. The lowest BCUT2D eigenvalue weighted by Gasteiger charge is -2.41. The molecule has 0 saturated carbocycles. The largest absolute Gasteiger partial charge is 0.394 e. The van der Waals surface area contributed by atoms with Crippen LogP contribution in [0.4, 0.5) is 0 Å². The summed E-state index contributed by atoms with van der Waals surface area (Å²) in [6.07, 6.45) is -0.871. The smallest absolute Gasteiger partial charge is 0.335 e. The van der Waals surface area contributed by atoms with Gasteiger partial charge in [0, 0.05) is 6.42 Å². The molecule has 0 aromatic carbocycles. The molecule has 1 aliphatic rings. The lowest BCUT2D eigenvalue weighted by Crippen LogP contribution is -2.61. The molecule has 1 fully saturated rings. The Morgan fingerprint density at radius 3 is 2.25 bits per heavy atom. The van der Waals surface area contributed by atoms with Crippen LogP contribution >= 0.6 is 0 Å². The first-order chi connectivity index (χ1) is 5.39. The van der Waals surface area contributed by atoms with Gasteiger partial charge in [-0.25, -0.2) is 0 Å². The SMILES string of the molecule is OC[C@H]1CCC(O)(O)C(O)(O)O1. The van der Waals surface area contributed by atoms with Crippen LogP contribution in [0.15, 0.2) is 0 Å². The molecule has 0 unspecified atom stereocenters. The molecule has 1 saturated heterocycles. The molecule has 0 bridgehead atoms. The van der Waals surface area contributed by atoms with Crippen molar-refractivity contribution in [1.82, 2.24) is 0 Å². The van der Waals surface area contributed by atoms with Gasteiger partial charge in [-0.1, -0.05) is 0 Å². The summed E-state index contributed by atoms with van der Waals surface area (Å²) in [5, 5.41) is 44.4. The Kier molecular flexibility index (Phi) is 2.39. The van der Waals surface area contributed by atoms with E-state index in [1.807, 2.05) is 0 Å². The predicted molar refractivity (Wildman–Crippen MR) is 35.5 cm³/mol. The zero-order valence-electron chi connectivity index (χ0n) is 6.34. The van der Waals surface area contributed by atoms with Crippen molar-refractivity contribution >= 4 is 0 Å². The Balaban J connectivity index is 2.68. The van der Waals surface area contributed by atoms with Crippen LogP contribution in [0.3, 0.4) is 0 Å². The third kappa shape index (κ3) is 1.58. The molecule has 0 spiro atoms. The first-order valence-electron chi connectivity index (χ1n) is 3.57. The molecule has 1 aliphatic heterocycles. The second kappa shape index (κ2) is 2.91. The second-order valence-corrected chi connectivity index (χ2v) is 2.89. The van der Waals surface area contributed by atoms with Crippen LogP contribution in [0, 0.1) is 0 Å². The van der Waals surface area contributed by atoms with E-state index < -0.39 is 17.9 Å². The highest BCUT2D eigenvalue weighted by atomic mass is 16.8. The average Bonchev–Trinajstić information content (AvgIpc) is 1.95. The van der Waals surface area contributed by atoms with E-state index in [9.17, 15) is 0 Å². The first-order valence-corrected chi connectivity index (χ1v) is 3.57. The molecular weight excluding hydrogens is 168 g/mol. The topological polar surface area (TPSA) is 110 Å². The van der Waals surface area contributed by atoms with Gasteiger partial charge in [-0.3, -0.25) is 0 Å². The van der Waals surface area contributed by atoms with Gasteiger partial charge in [0.1, 0.15) is 0 Å². The van der Waals surface area contributed by atoms with E-state index in [1.165, 1.54) is 0 Å². The van der Waals surface area contributed by atoms with Gasteiger partial charge in [0.15, 0.2) is 0 Å². The summed E-state index contributed by atoms with van der Waals surface area (Å²) < 4.78 is 4.40. The molecule has 1 rings (SSSR count). The minimum Gasteiger partial charge on any atom is -0.394 e. The van der Waals surface area contributed by atoms with Crippen molar-refractivity contribution in [1.29, 1.82) is 0 Å². The van der Waals surface area contributed by atoms with Crippen LogP contribution in [0.2, 0.25) is 0 Å². The van der Waals surface area contributed by atoms with Crippen molar-refractivity contribution in [2.45, 2.75) is 30.7 Å². The quantitative estimate of drug-likeness (QED) is 0.285. The maximum Gasteiger partial charge on any atom is 0.335 e. The highest BCUT2D eigenvalue weighted by molar-refractivity contribution is 4.82.